The summed E-state index contributed by atoms with van der Waals surface area (Å²) in [7, 11) is 0. The van der Waals surface area contributed by atoms with E-state index in [4.69, 9.17) is 0 Å². The Morgan fingerprint density at radius 2 is 2.40 bits per heavy atom. The van der Waals surface area contributed by atoms with Crippen molar-refractivity contribution in [1.29, 1.82) is 0 Å². The van der Waals surface area contributed by atoms with E-state index in [1.54, 1.807) is 0 Å². The molecule has 0 bridgehead atoms. The van der Waals surface area contributed by atoms with Crippen molar-refractivity contribution >= 4 is 5.91 Å². The SMILES string of the molecule is O=C(NC1CCCNCC1)c1ncn[nH]1. The number of hydrogen-bond donors (Lipinski definition) is 3. The van der Waals surface area contributed by atoms with Crippen LogP contribution >= 0.6 is 0 Å². The first-order valence-electron chi connectivity index (χ1n) is 5.23. The molecule has 0 saturated carbocycles. The van der Waals surface area contributed by atoms with Crippen LogP contribution in [-0.4, -0.2) is 40.2 Å². The van der Waals surface area contributed by atoms with Gasteiger partial charge in [-0.1, -0.05) is 0 Å². The van der Waals surface area contributed by atoms with Gasteiger partial charge in [-0.15, -0.1) is 0 Å². The minimum absolute atomic E-state index is 0.167. The Bertz CT molecular complexity index is 302. The van der Waals surface area contributed by atoms with E-state index in [0.29, 0.717) is 0 Å². The van der Waals surface area contributed by atoms with Crippen LogP contribution in [0.2, 0.25) is 0 Å². The van der Waals surface area contributed by atoms with Crippen LogP contribution in [0.25, 0.3) is 0 Å². The summed E-state index contributed by atoms with van der Waals surface area (Å²) in [6.45, 7) is 2.00. The monoisotopic (exact) mass is 209 g/mol. The Hall–Kier alpha value is -1.43. The first-order valence-corrected chi connectivity index (χ1v) is 5.23. The number of aromatic nitrogens is 3. The topological polar surface area (TPSA) is 82.7 Å². The quantitative estimate of drug-likeness (QED) is 0.623. The summed E-state index contributed by atoms with van der Waals surface area (Å²) >= 11 is 0. The fourth-order valence-electron chi connectivity index (χ4n) is 1.73. The maximum Gasteiger partial charge on any atom is 0.288 e. The van der Waals surface area contributed by atoms with Gasteiger partial charge in [0, 0.05) is 6.04 Å². The first-order chi connectivity index (χ1) is 7.36. The van der Waals surface area contributed by atoms with Crippen molar-refractivity contribution in [1.82, 2.24) is 25.8 Å². The summed E-state index contributed by atoms with van der Waals surface area (Å²) in [5.41, 5.74) is 0. The third-order valence-electron chi connectivity index (χ3n) is 2.54. The first kappa shape index (κ1) is 10.1. The van der Waals surface area contributed by atoms with Gasteiger partial charge in [0.05, 0.1) is 0 Å². The molecule has 0 radical (unpaired) electrons. The standard InChI is InChI=1S/C9H15N5O/c15-9(8-11-6-12-14-8)13-7-2-1-4-10-5-3-7/h6-7,10H,1-5H2,(H,13,15)(H,11,12,14). The molecule has 1 aliphatic heterocycles. The van der Waals surface area contributed by atoms with E-state index in [0.717, 1.165) is 32.4 Å². The van der Waals surface area contributed by atoms with Crippen LogP contribution in [0.15, 0.2) is 6.33 Å². The molecule has 1 unspecified atom stereocenters. The van der Waals surface area contributed by atoms with Crippen LogP contribution in [0.4, 0.5) is 0 Å². The third-order valence-corrected chi connectivity index (χ3v) is 2.54. The zero-order valence-corrected chi connectivity index (χ0v) is 8.49. The molecule has 3 N–H and O–H groups in total. The van der Waals surface area contributed by atoms with Crippen molar-refractivity contribution < 1.29 is 4.79 Å². The molecule has 1 aromatic heterocycles. The van der Waals surface area contributed by atoms with Crippen molar-refractivity contribution in [2.24, 2.45) is 0 Å². The third kappa shape index (κ3) is 2.76. The maximum atomic E-state index is 11.6. The molecule has 0 aromatic carbocycles. The highest BCUT2D eigenvalue weighted by molar-refractivity contribution is 5.90. The minimum atomic E-state index is -0.167. The average Bonchev–Trinajstić information content (AvgIpc) is 2.65. The van der Waals surface area contributed by atoms with E-state index in [1.807, 2.05) is 0 Å². The molecular formula is C9H15N5O. The van der Waals surface area contributed by atoms with Crippen LogP contribution in [0.5, 0.6) is 0 Å². The smallest absolute Gasteiger partial charge is 0.288 e. The predicted molar refractivity (Wildman–Crippen MR) is 54.4 cm³/mol. The minimum Gasteiger partial charge on any atom is -0.347 e. The molecule has 15 heavy (non-hydrogen) atoms. The lowest BCUT2D eigenvalue weighted by Gasteiger charge is -2.14. The number of rotatable bonds is 2. The van der Waals surface area contributed by atoms with Crippen molar-refractivity contribution in [3.63, 3.8) is 0 Å². The summed E-state index contributed by atoms with van der Waals surface area (Å²) in [4.78, 5) is 15.4. The van der Waals surface area contributed by atoms with Gasteiger partial charge < -0.3 is 10.6 Å². The van der Waals surface area contributed by atoms with E-state index < -0.39 is 0 Å². The number of nitrogens with one attached hydrogen (secondary N) is 3. The Kier molecular flexibility index (Phi) is 3.29. The van der Waals surface area contributed by atoms with E-state index in [1.165, 1.54) is 6.33 Å². The Morgan fingerprint density at radius 3 is 3.20 bits per heavy atom. The van der Waals surface area contributed by atoms with E-state index in [2.05, 4.69) is 25.8 Å². The van der Waals surface area contributed by atoms with Crippen LogP contribution in [0, 0.1) is 0 Å². The second-order valence-corrected chi connectivity index (χ2v) is 3.69. The number of carbonyl (C=O) groups is 1. The summed E-state index contributed by atoms with van der Waals surface area (Å²) in [5, 5.41) is 12.4. The molecule has 6 heteroatoms. The van der Waals surface area contributed by atoms with Gasteiger partial charge in [0.2, 0.25) is 5.82 Å². The second-order valence-electron chi connectivity index (χ2n) is 3.69. The molecule has 1 atom stereocenters. The number of amides is 1. The fraction of sp³-hybridized carbons (Fsp3) is 0.667. The lowest BCUT2D eigenvalue weighted by molar-refractivity contribution is 0.0924. The summed E-state index contributed by atoms with van der Waals surface area (Å²) in [6, 6.07) is 0.248. The van der Waals surface area contributed by atoms with Crippen LogP contribution in [-0.2, 0) is 0 Å². The predicted octanol–water partition coefficient (Wildman–Crippen LogP) is -0.323. The second kappa shape index (κ2) is 4.88. The van der Waals surface area contributed by atoms with Crippen molar-refractivity contribution in [3.05, 3.63) is 12.2 Å². The van der Waals surface area contributed by atoms with E-state index in [9.17, 15) is 4.79 Å². The van der Waals surface area contributed by atoms with Crippen molar-refractivity contribution in [3.8, 4) is 0 Å². The largest absolute Gasteiger partial charge is 0.347 e. The highest BCUT2D eigenvalue weighted by Crippen LogP contribution is 2.05. The molecule has 6 nitrogen and oxygen atoms in total. The van der Waals surface area contributed by atoms with Gasteiger partial charge in [0.1, 0.15) is 6.33 Å². The summed E-state index contributed by atoms with van der Waals surface area (Å²) < 4.78 is 0. The maximum absolute atomic E-state index is 11.6. The highest BCUT2D eigenvalue weighted by Gasteiger charge is 2.16. The van der Waals surface area contributed by atoms with Gasteiger partial charge in [0.25, 0.3) is 5.91 Å². The fourth-order valence-corrected chi connectivity index (χ4v) is 1.73. The molecule has 0 aliphatic carbocycles. The number of aromatic amines is 1. The van der Waals surface area contributed by atoms with Crippen LogP contribution in [0.1, 0.15) is 29.9 Å². The highest BCUT2D eigenvalue weighted by atomic mass is 16.2. The molecular weight excluding hydrogens is 194 g/mol. The molecule has 2 heterocycles. The molecule has 2 rings (SSSR count). The zero-order valence-electron chi connectivity index (χ0n) is 8.49. The summed E-state index contributed by atoms with van der Waals surface area (Å²) in [5.74, 6) is 0.117. The molecule has 1 aromatic rings. The van der Waals surface area contributed by atoms with E-state index in [-0.39, 0.29) is 17.8 Å². The van der Waals surface area contributed by atoms with Crippen molar-refractivity contribution in [2.45, 2.75) is 25.3 Å². The molecule has 0 spiro atoms. The molecule has 1 aliphatic rings. The van der Waals surface area contributed by atoms with Gasteiger partial charge in [0.15, 0.2) is 0 Å². The van der Waals surface area contributed by atoms with Gasteiger partial charge in [-0.2, -0.15) is 5.10 Å². The zero-order chi connectivity index (χ0) is 10.5. The van der Waals surface area contributed by atoms with Gasteiger partial charge in [-0.25, -0.2) is 4.98 Å². The van der Waals surface area contributed by atoms with Gasteiger partial charge in [-0.3, -0.25) is 9.89 Å². The number of nitrogens with zero attached hydrogens (tertiary/aromatic N) is 2. The summed E-state index contributed by atoms with van der Waals surface area (Å²) in [6.07, 6.45) is 4.43. The molecule has 1 amide bonds. The van der Waals surface area contributed by atoms with Gasteiger partial charge >= 0.3 is 0 Å². The van der Waals surface area contributed by atoms with E-state index >= 15 is 0 Å². The molecule has 1 fully saturated rings. The molecule has 82 valence electrons. The van der Waals surface area contributed by atoms with Gasteiger partial charge in [-0.05, 0) is 32.4 Å². The Morgan fingerprint density at radius 1 is 1.47 bits per heavy atom. The Labute approximate surface area is 87.9 Å². The van der Waals surface area contributed by atoms with Crippen LogP contribution < -0.4 is 10.6 Å². The Balaban J connectivity index is 1.87. The average molecular weight is 209 g/mol. The number of hydrogen-bond acceptors (Lipinski definition) is 4. The normalized spacial score (nSPS) is 22.0. The van der Waals surface area contributed by atoms with Crippen molar-refractivity contribution in [2.75, 3.05) is 13.1 Å². The molecule has 1 saturated heterocycles. The van der Waals surface area contributed by atoms with Crippen LogP contribution in [0.3, 0.4) is 0 Å². The number of carbonyl (C=O) groups excluding carboxylic acids is 1. The lowest BCUT2D eigenvalue weighted by atomic mass is 10.1. The lowest BCUT2D eigenvalue weighted by Crippen LogP contribution is -2.36. The number of H-pyrrole nitrogens is 1.